The van der Waals surface area contributed by atoms with E-state index in [2.05, 4.69) is 6.07 Å². The minimum atomic E-state index is -4.37. The van der Waals surface area contributed by atoms with E-state index in [1.807, 2.05) is 17.0 Å². The molecule has 0 spiro atoms. The van der Waals surface area contributed by atoms with E-state index in [4.69, 9.17) is 10.00 Å². The van der Waals surface area contributed by atoms with Crippen molar-refractivity contribution in [3.05, 3.63) is 59.7 Å². The van der Waals surface area contributed by atoms with Gasteiger partial charge in [-0.25, -0.2) is 0 Å². The fraction of sp³-hybridized carbons (Fsp3) is 0.316. The number of rotatable bonds is 4. The molecule has 0 amide bonds. The highest BCUT2D eigenvalue weighted by Gasteiger charge is 2.34. The predicted octanol–water partition coefficient (Wildman–Crippen LogP) is 3.60. The number of alkyl halides is 3. The van der Waals surface area contributed by atoms with E-state index in [0.29, 0.717) is 24.3 Å². The number of nitrogens with zero attached hydrogens (tertiary/aromatic N) is 2. The summed E-state index contributed by atoms with van der Waals surface area (Å²) in [6.07, 6.45) is -4.07. The van der Waals surface area contributed by atoms with Crippen molar-refractivity contribution in [3.8, 4) is 11.8 Å². The van der Waals surface area contributed by atoms with Crippen molar-refractivity contribution in [2.24, 2.45) is 0 Å². The molecule has 2 aromatic carbocycles. The van der Waals surface area contributed by atoms with Gasteiger partial charge in [-0.3, -0.25) is 0 Å². The molecule has 4 nitrogen and oxygen atoms in total. The van der Waals surface area contributed by atoms with Gasteiger partial charge in [-0.05, 0) is 48.5 Å². The van der Waals surface area contributed by atoms with Crippen LogP contribution in [-0.2, 0) is 6.18 Å². The molecule has 0 aliphatic carbocycles. The van der Waals surface area contributed by atoms with Gasteiger partial charge < -0.3 is 14.7 Å². The van der Waals surface area contributed by atoms with Crippen LogP contribution in [0.2, 0.25) is 0 Å². The standard InChI is InChI=1S/C19H17F3N2O2/c20-19(21,22)14-3-7-17(8-4-14)26-18-9-16(12-25)24(11-18)15-5-1-13(10-23)2-6-15/h1-8,16,18,25H,9,11-12H2/t16-,18+/m0/s1. The molecule has 1 aliphatic rings. The molecule has 0 unspecified atom stereocenters. The molecule has 7 heteroatoms. The topological polar surface area (TPSA) is 56.5 Å². The number of halogens is 3. The van der Waals surface area contributed by atoms with Gasteiger partial charge in [0.25, 0.3) is 0 Å². The summed E-state index contributed by atoms with van der Waals surface area (Å²) in [6, 6.07) is 13.5. The quantitative estimate of drug-likeness (QED) is 0.903. The van der Waals surface area contributed by atoms with Crippen LogP contribution in [0.1, 0.15) is 17.5 Å². The highest BCUT2D eigenvalue weighted by Crippen LogP contribution is 2.32. The number of aliphatic hydroxyl groups is 1. The first kappa shape index (κ1) is 18.1. The number of nitriles is 1. The van der Waals surface area contributed by atoms with Crippen molar-refractivity contribution in [2.45, 2.75) is 24.7 Å². The summed E-state index contributed by atoms with van der Waals surface area (Å²) in [5, 5.41) is 18.5. The second-order valence-corrected chi connectivity index (χ2v) is 6.15. The Morgan fingerprint density at radius 1 is 1.12 bits per heavy atom. The molecule has 0 bridgehead atoms. The zero-order valence-electron chi connectivity index (χ0n) is 13.8. The molecule has 2 atom stereocenters. The Balaban J connectivity index is 1.69. The van der Waals surface area contributed by atoms with Crippen LogP contribution in [0.5, 0.6) is 5.75 Å². The molecule has 1 saturated heterocycles. The van der Waals surface area contributed by atoms with E-state index < -0.39 is 11.7 Å². The van der Waals surface area contributed by atoms with E-state index in [1.54, 1.807) is 12.1 Å². The number of aliphatic hydroxyl groups excluding tert-OH is 1. The van der Waals surface area contributed by atoms with Crippen LogP contribution in [0, 0.1) is 11.3 Å². The third kappa shape index (κ3) is 3.92. The van der Waals surface area contributed by atoms with Crippen LogP contribution >= 0.6 is 0 Å². The number of ether oxygens (including phenoxy) is 1. The van der Waals surface area contributed by atoms with Gasteiger partial charge in [0, 0.05) is 12.1 Å². The minimum absolute atomic E-state index is 0.0626. The summed E-state index contributed by atoms with van der Waals surface area (Å²) in [6.45, 7) is 0.436. The van der Waals surface area contributed by atoms with Crippen molar-refractivity contribution in [3.63, 3.8) is 0 Å². The maximum atomic E-state index is 12.6. The van der Waals surface area contributed by atoms with Gasteiger partial charge >= 0.3 is 6.18 Å². The highest BCUT2D eigenvalue weighted by molar-refractivity contribution is 5.51. The molecular formula is C19H17F3N2O2. The minimum Gasteiger partial charge on any atom is -0.489 e. The number of anilines is 1. The average molecular weight is 362 g/mol. The zero-order chi connectivity index (χ0) is 18.7. The van der Waals surface area contributed by atoms with Crippen LogP contribution in [0.4, 0.5) is 18.9 Å². The number of benzene rings is 2. The lowest BCUT2D eigenvalue weighted by molar-refractivity contribution is -0.137. The third-order valence-corrected chi connectivity index (χ3v) is 4.40. The first-order valence-corrected chi connectivity index (χ1v) is 8.12. The fourth-order valence-electron chi connectivity index (χ4n) is 3.09. The van der Waals surface area contributed by atoms with Crippen molar-refractivity contribution in [2.75, 3.05) is 18.1 Å². The molecule has 1 aliphatic heterocycles. The van der Waals surface area contributed by atoms with E-state index >= 15 is 0 Å². The van der Waals surface area contributed by atoms with Crippen LogP contribution in [-0.4, -0.2) is 30.4 Å². The summed E-state index contributed by atoms with van der Waals surface area (Å²) in [5.41, 5.74) is 0.691. The predicted molar refractivity (Wildman–Crippen MR) is 89.9 cm³/mol. The number of hydrogen-bond donors (Lipinski definition) is 1. The maximum absolute atomic E-state index is 12.6. The second kappa shape index (κ2) is 7.26. The monoisotopic (exact) mass is 362 g/mol. The Kier molecular flexibility index (Phi) is 5.05. The van der Waals surface area contributed by atoms with Gasteiger partial charge in [0.05, 0.1) is 36.4 Å². The largest absolute Gasteiger partial charge is 0.489 e. The summed E-state index contributed by atoms with van der Waals surface area (Å²) in [7, 11) is 0. The Bertz CT molecular complexity index is 782. The van der Waals surface area contributed by atoms with Crippen molar-refractivity contribution in [1.29, 1.82) is 5.26 Å². The summed E-state index contributed by atoms with van der Waals surface area (Å²) >= 11 is 0. The molecule has 1 N–H and O–H groups in total. The molecular weight excluding hydrogens is 345 g/mol. The molecule has 1 heterocycles. The van der Waals surface area contributed by atoms with Crippen LogP contribution in [0.15, 0.2) is 48.5 Å². The van der Waals surface area contributed by atoms with Crippen LogP contribution in [0.25, 0.3) is 0 Å². The summed E-state index contributed by atoms with van der Waals surface area (Å²) in [5.74, 6) is 0.362. The lowest BCUT2D eigenvalue weighted by atomic mass is 10.2. The van der Waals surface area contributed by atoms with Gasteiger partial charge in [-0.1, -0.05) is 0 Å². The molecule has 3 rings (SSSR count). The van der Waals surface area contributed by atoms with E-state index in [9.17, 15) is 18.3 Å². The first-order chi connectivity index (χ1) is 12.4. The molecule has 0 aromatic heterocycles. The molecule has 1 fully saturated rings. The van der Waals surface area contributed by atoms with Gasteiger partial charge in [0.15, 0.2) is 0 Å². The second-order valence-electron chi connectivity index (χ2n) is 6.15. The Labute approximate surface area is 149 Å². The Morgan fingerprint density at radius 3 is 2.31 bits per heavy atom. The first-order valence-electron chi connectivity index (χ1n) is 8.12. The van der Waals surface area contributed by atoms with Gasteiger partial charge in [-0.2, -0.15) is 18.4 Å². The van der Waals surface area contributed by atoms with Gasteiger partial charge in [-0.15, -0.1) is 0 Å². The Hall–Kier alpha value is -2.72. The van der Waals surface area contributed by atoms with Crippen molar-refractivity contribution >= 4 is 5.69 Å². The normalized spacial score (nSPS) is 20.0. The van der Waals surface area contributed by atoms with Gasteiger partial charge in [0.1, 0.15) is 11.9 Å². The maximum Gasteiger partial charge on any atom is 0.416 e. The SMILES string of the molecule is N#Cc1ccc(N2C[C@H](Oc3ccc(C(F)(F)F)cc3)C[C@H]2CO)cc1. The van der Waals surface area contributed by atoms with Gasteiger partial charge in [0.2, 0.25) is 0 Å². The zero-order valence-corrected chi connectivity index (χ0v) is 13.8. The molecule has 0 saturated carbocycles. The van der Waals surface area contributed by atoms with Crippen LogP contribution in [0.3, 0.4) is 0 Å². The summed E-state index contributed by atoms with van der Waals surface area (Å²) < 4.78 is 43.7. The van der Waals surface area contributed by atoms with E-state index in [1.165, 1.54) is 12.1 Å². The van der Waals surface area contributed by atoms with E-state index in [-0.39, 0.29) is 18.8 Å². The smallest absolute Gasteiger partial charge is 0.416 e. The molecule has 0 radical (unpaired) electrons. The summed E-state index contributed by atoms with van der Waals surface area (Å²) in [4.78, 5) is 1.98. The lowest BCUT2D eigenvalue weighted by Crippen LogP contribution is -2.32. The third-order valence-electron chi connectivity index (χ3n) is 4.40. The average Bonchev–Trinajstić information content (AvgIpc) is 3.04. The highest BCUT2D eigenvalue weighted by atomic mass is 19.4. The Morgan fingerprint density at radius 2 is 1.77 bits per heavy atom. The van der Waals surface area contributed by atoms with Crippen molar-refractivity contribution in [1.82, 2.24) is 0 Å². The molecule has 26 heavy (non-hydrogen) atoms. The molecule has 136 valence electrons. The van der Waals surface area contributed by atoms with Crippen LogP contribution < -0.4 is 9.64 Å². The van der Waals surface area contributed by atoms with E-state index in [0.717, 1.165) is 17.8 Å². The molecule has 2 aromatic rings. The fourth-order valence-corrected chi connectivity index (χ4v) is 3.09. The number of hydrogen-bond acceptors (Lipinski definition) is 4. The lowest BCUT2D eigenvalue weighted by Gasteiger charge is -2.24. The van der Waals surface area contributed by atoms with Crippen molar-refractivity contribution < 1.29 is 23.0 Å².